The Labute approximate surface area is 188 Å². The highest BCUT2D eigenvalue weighted by molar-refractivity contribution is 5.97. The summed E-state index contributed by atoms with van der Waals surface area (Å²) in [5.74, 6) is 1.55. The van der Waals surface area contributed by atoms with Crippen molar-refractivity contribution in [2.45, 2.75) is 0 Å². The zero-order valence-corrected chi connectivity index (χ0v) is 17.4. The maximum atomic E-state index is 12.6. The van der Waals surface area contributed by atoms with Crippen LogP contribution >= 0.6 is 0 Å². The van der Waals surface area contributed by atoms with Crippen LogP contribution in [0.4, 0.5) is 5.88 Å². The minimum Gasteiger partial charge on any atom is -0.459 e. The largest absolute Gasteiger partial charge is 0.459 e. The van der Waals surface area contributed by atoms with Gasteiger partial charge in [0.15, 0.2) is 17.3 Å². The van der Waals surface area contributed by atoms with Crippen molar-refractivity contribution in [1.29, 1.82) is 5.26 Å². The molecule has 1 N–H and O–H groups in total. The number of oxazole rings is 1. The van der Waals surface area contributed by atoms with Gasteiger partial charge in [0.25, 0.3) is 11.8 Å². The number of nitrogens with zero attached hydrogens (tertiary/aromatic N) is 4. The summed E-state index contributed by atoms with van der Waals surface area (Å²) in [4.78, 5) is 32.7. The number of hydrogen-bond donors (Lipinski definition) is 1. The third-order valence-electron chi connectivity index (χ3n) is 5.40. The minimum absolute atomic E-state index is 0.123. The topological polar surface area (TPSA) is 134 Å². The fraction of sp³-hybridized carbons (Fsp3) is 0.273. The zero-order valence-electron chi connectivity index (χ0n) is 17.4. The van der Waals surface area contributed by atoms with Crippen molar-refractivity contribution in [3.8, 4) is 29.2 Å². The van der Waals surface area contributed by atoms with E-state index in [4.69, 9.17) is 18.3 Å². The van der Waals surface area contributed by atoms with Crippen LogP contribution in [0, 0.1) is 11.3 Å². The molecule has 4 heterocycles. The molecule has 11 nitrogen and oxygen atoms in total. The number of hydrogen-bond acceptors (Lipinski definition) is 9. The molecular weight excluding hydrogens is 430 g/mol. The summed E-state index contributed by atoms with van der Waals surface area (Å²) < 4.78 is 21.6. The van der Waals surface area contributed by atoms with Crippen molar-refractivity contribution >= 4 is 17.7 Å². The Morgan fingerprint density at radius 2 is 1.94 bits per heavy atom. The van der Waals surface area contributed by atoms with Crippen LogP contribution in [0.1, 0.15) is 16.1 Å². The molecule has 5 rings (SSSR count). The van der Waals surface area contributed by atoms with Crippen LogP contribution in [0.5, 0.6) is 11.5 Å². The van der Waals surface area contributed by atoms with Crippen LogP contribution in [0.2, 0.25) is 0 Å². The summed E-state index contributed by atoms with van der Waals surface area (Å²) in [6.07, 6.45) is 1.50. The van der Waals surface area contributed by atoms with Gasteiger partial charge in [0.1, 0.15) is 6.07 Å². The maximum absolute atomic E-state index is 12.6. The standard InChI is InChI=1S/C22H19N5O6/c23-11-15-22(33-21(25-15)17-2-1-9-30-17)27-7-5-26(6-8-27)19(28)12-24-20(29)14-3-4-16-18(10-14)32-13-31-16/h1-4,9-10H,5-8,12-13H2,(H,24,29). The molecule has 0 spiro atoms. The summed E-state index contributed by atoms with van der Waals surface area (Å²) in [6.45, 7) is 1.76. The van der Waals surface area contributed by atoms with E-state index in [1.165, 1.54) is 6.26 Å². The predicted octanol–water partition coefficient (Wildman–Crippen LogP) is 1.61. The average Bonchev–Trinajstić information content (AvgIpc) is 3.61. The average molecular weight is 449 g/mol. The Balaban J connectivity index is 1.16. The number of fused-ring (bicyclic) bond motifs is 1. The van der Waals surface area contributed by atoms with Gasteiger partial charge in [-0.25, -0.2) is 0 Å². The Morgan fingerprint density at radius 3 is 2.70 bits per heavy atom. The highest BCUT2D eigenvalue weighted by atomic mass is 16.7. The normalized spacial score (nSPS) is 14.8. The summed E-state index contributed by atoms with van der Waals surface area (Å²) in [5.41, 5.74) is 0.552. The smallest absolute Gasteiger partial charge is 0.266 e. The van der Waals surface area contributed by atoms with Gasteiger partial charge in [-0.3, -0.25) is 9.59 Å². The molecule has 1 aromatic carbocycles. The van der Waals surface area contributed by atoms with Crippen molar-refractivity contribution in [1.82, 2.24) is 15.2 Å². The number of benzene rings is 1. The number of piperazine rings is 1. The number of carbonyl (C=O) groups is 2. The number of amides is 2. The lowest BCUT2D eigenvalue weighted by Gasteiger charge is -2.34. The molecule has 0 unspecified atom stereocenters. The van der Waals surface area contributed by atoms with Crippen LogP contribution in [-0.2, 0) is 4.79 Å². The summed E-state index contributed by atoms with van der Waals surface area (Å²) in [5, 5.41) is 12.1. The first-order valence-electron chi connectivity index (χ1n) is 10.3. The Hall–Kier alpha value is -4.46. The highest BCUT2D eigenvalue weighted by Gasteiger charge is 2.27. The molecule has 2 aromatic heterocycles. The molecule has 0 atom stereocenters. The summed E-state index contributed by atoms with van der Waals surface area (Å²) >= 11 is 0. The number of ether oxygens (including phenoxy) is 2. The van der Waals surface area contributed by atoms with E-state index in [2.05, 4.69) is 10.3 Å². The van der Waals surface area contributed by atoms with E-state index in [-0.39, 0.29) is 36.7 Å². The predicted molar refractivity (Wildman–Crippen MR) is 113 cm³/mol. The number of rotatable bonds is 5. The van der Waals surface area contributed by atoms with Gasteiger partial charge in [-0.15, -0.1) is 0 Å². The zero-order chi connectivity index (χ0) is 22.8. The molecule has 0 radical (unpaired) electrons. The molecule has 2 aliphatic heterocycles. The van der Waals surface area contributed by atoms with Gasteiger partial charge >= 0.3 is 0 Å². The van der Waals surface area contributed by atoms with Gasteiger partial charge in [-0.05, 0) is 30.3 Å². The first-order chi connectivity index (χ1) is 16.1. The molecular formula is C22H19N5O6. The van der Waals surface area contributed by atoms with Crippen molar-refractivity contribution in [2.24, 2.45) is 0 Å². The summed E-state index contributed by atoms with van der Waals surface area (Å²) in [6, 6.07) is 10.3. The highest BCUT2D eigenvalue weighted by Crippen LogP contribution is 2.32. The molecule has 2 aliphatic rings. The molecule has 168 valence electrons. The van der Waals surface area contributed by atoms with E-state index in [1.807, 2.05) is 11.0 Å². The Morgan fingerprint density at radius 1 is 1.12 bits per heavy atom. The maximum Gasteiger partial charge on any atom is 0.266 e. The lowest BCUT2D eigenvalue weighted by molar-refractivity contribution is -0.130. The molecule has 1 fully saturated rings. The van der Waals surface area contributed by atoms with Gasteiger partial charge in [-0.1, -0.05) is 0 Å². The van der Waals surface area contributed by atoms with E-state index in [0.717, 1.165) is 0 Å². The SMILES string of the molecule is N#Cc1nc(-c2ccco2)oc1N1CCN(C(=O)CNC(=O)c2ccc3c(c2)OCO3)CC1. The Kier molecular flexibility index (Phi) is 5.32. The van der Waals surface area contributed by atoms with Gasteiger partial charge in [0.05, 0.1) is 12.8 Å². The summed E-state index contributed by atoms with van der Waals surface area (Å²) in [7, 11) is 0. The molecule has 0 bridgehead atoms. The first kappa shape index (κ1) is 20.4. The fourth-order valence-electron chi connectivity index (χ4n) is 3.67. The number of nitriles is 1. The number of aromatic nitrogens is 1. The van der Waals surface area contributed by atoms with Gasteiger partial charge in [0, 0.05) is 31.7 Å². The van der Waals surface area contributed by atoms with Gasteiger partial charge < -0.3 is 33.4 Å². The second kappa shape index (κ2) is 8.58. The minimum atomic E-state index is -0.369. The third-order valence-corrected chi connectivity index (χ3v) is 5.40. The number of carbonyl (C=O) groups excluding carboxylic acids is 2. The quantitative estimate of drug-likeness (QED) is 0.616. The van der Waals surface area contributed by atoms with Gasteiger partial charge in [-0.2, -0.15) is 10.2 Å². The second-order valence-corrected chi connectivity index (χ2v) is 7.38. The fourth-order valence-corrected chi connectivity index (χ4v) is 3.67. The number of nitrogens with one attached hydrogen (secondary N) is 1. The lowest BCUT2D eigenvalue weighted by atomic mass is 10.2. The van der Waals surface area contributed by atoms with E-state index in [0.29, 0.717) is 54.9 Å². The monoisotopic (exact) mass is 449 g/mol. The lowest BCUT2D eigenvalue weighted by Crippen LogP contribution is -2.51. The second-order valence-electron chi connectivity index (χ2n) is 7.38. The van der Waals surface area contributed by atoms with E-state index < -0.39 is 0 Å². The molecule has 33 heavy (non-hydrogen) atoms. The third kappa shape index (κ3) is 4.06. The van der Waals surface area contributed by atoms with Crippen molar-refractivity contribution in [3.63, 3.8) is 0 Å². The van der Waals surface area contributed by atoms with Crippen LogP contribution < -0.4 is 19.7 Å². The van der Waals surface area contributed by atoms with E-state index >= 15 is 0 Å². The molecule has 0 saturated carbocycles. The van der Waals surface area contributed by atoms with Crippen LogP contribution in [0.3, 0.4) is 0 Å². The van der Waals surface area contributed by atoms with Crippen LogP contribution in [0.15, 0.2) is 45.4 Å². The van der Waals surface area contributed by atoms with E-state index in [1.54, 1.807) is 35.2 Å². The first-order valence-corrected chi connectivity index (χ1v) is 10.3. The van der Waals surface area contributed by atoms with Gasteiger partial charge in [0.2, 0.25) is 24.3 Å². The number of furan rings is 1. The Bertz CT molecular complexity index is 1220. The molecule has 0 aliphatic carbocycles. The van der Waals surface area contributed by atoms with Crippen LogP contribution in [-0.4, -0.2) is 61.2 Å². The molecule has 1 saturated heterocycles. The molecule has 3 aromatic rings. The number of anilines is 1. The molecule has 2 amide bonds. The van der Waals surface area contributed by atoms with Crippen molar-refractivity contribution in [2.75, 3.05) is 44.4 Å². The van der Waals surface area contributed by atoms with Crippen LogP contribution in [0.25, 0.3) is 11.7 Å². The molecule has 11 heteroatoms. The van der Waals surface area contributed by atoms with Crippen molar-refractivity contribution in [3.05, 3.63) is 47.9 Å². The van der Waals surface area contributed by atoms with E-state index in [9.17, 15) is 14.9 Å². The van der Waals surface area contributed by atoms with Crippen molar-refractivity contribution < 1.29 is 27.9 Å².